The molecule has 2 aromatic heterocycles. The van der Waals surface area contributed by atoms with E-state index in [0.29, 0.717) is 10.8 Å². The van der Waals surface area contributed by atoms with E-state index in [2.05, 4.69) is 76.5 Å². The summed E-state index contributed by atoms with van der Waals surface area (Å²) in [5.74, 6) is 0. The van der Waals surface area contributed by atoms with Crippen molar-refractivity contribution in [2.24, 2.45) is 0 Å². The first-order valence-electron chi connectivity index (χ1n) is 12.8. The first-order chi connectivity index (χ1) is 18.5. The van der Waals surface area contributed by atoms with Crippen LogP contribution in [0.15, 0.2) is 66.9 Å². The van der Waals surface area contributed by atoms with Gasteiger partial charge in [-0.2, -0.15) is 0 Å². The molecular formula is C30H33N5O2S2. The molecular weight excluding hydrogens is 526 g/mol. The molecule has 5 rings (SSSR count). The Balaban J connectivity index is 1.67. The third kappa shape index (κ3) is 5.04. The Kier molecular flexibility index (Phi) is 6.99. The molecule has 0 radical (unpaired) electrons. The molecule has 2 N–H and O–H groups in total. The standard InChI is InChI=1S/C30H33N5O2S2/c1-18-10-9-12-27(21(18)4)34-20(3)17-24(22(34)5)29-28(26-11-7-8-15-31-26)32-30(38)35(29)23-13-14-25(19(2)16-23)33-39(6,36)37/h7-17,28-29,33H,1-6H3,(H,32,38). The molecule has 2 atom stereocenters. The number of hydrogen-bond donors (Lipinski definition) is 2. The van der Waals surface area contributed by atoms with Crippen molar-refractivity contribution in [2.45, 2.75) is 46.7 Å². The Morgan fingerprint density at radius 1 is 0.949 bits per heavy atom. The number of thiocarbonyl (C=S) groups is 1. The number of hydrogen-bond acceptors (Lipinski definition) is 4. The van der Waals surface area contributed by atoms with E-state index in [4.69, 9.17) is 12.2 Å². The predicted molar refractivity (Wildman–Crippen MR) is 162 cm³/mol. The van der Waals surface area contributed by atoms with Crippen LogP contribution in [0.4, 0.5) is 11.4 Å². The molecule has 4 aromatic rings. The fourth-order valence-corrected chi connectivity index (χ4v) is 6.47. The largest absolute Gasteiger partial charge is 0.351 e. The highest BCUT2D eigenvalue weighted by molar-refractivity contribution is 7.92. The maximum absolute atomic E-state index is 11.9. The van der Waals surface area contributed by atoms with Crippen molar-refractivity contribution in [1.29, 1.82) is 0 Å². The van der Waals surface area contributed by atoms with Crippen LogP contribution in [0.3, 0.4) is 0 Å². The van der Waals surface area contributed by atoms with E-state index in [1.54, 1.807) is 12.3 Å². The van der Waals surface area contributed by atoms with Gasteiger partial charge in [-0.25, -0.2) is 8.42 Å². The van der Waals surface area contributed by atoms with Crippen LogP contribution < -0.4 is 14.9 Å². The quantitative estimate of drug-likeness (QED) is 0.284. The Morgan fingerprint density at radius 3 is 2.38 bits per heavy atom. The van der Waals surface area contributed by atoms with E-state index >= 15 is 0 Å². The SMILES string of the molecule is Cc1cc(N2C(=S)NC(c3ccccn3)C2c2cc(C)n(-c3cccc(C)c3C)c2C)ccc1NS(C)(=O)=O. The normalized spacial score (nSPS) is 17.4. The van der Waals surface area contributed by atoms with Crippen molar-refractivity contribution in [3.63, 3.8) is 0 Å². The Bertz CT molecular complexity index is 1680. The van der Waals surface area contributed by atoms with Gasteiger partial charge in [0.15, 0.2) is 5.11 Å². The molecule has 0 aliphatic carbocycles. The number of anilines is 2. The van der Waals surface area contributed by atoms with Gasteiger partial charge in [-0.15, -0.1) is 0 Å². The van der Waals surface area contributed by atoms with E-state index in [0.717, 1.165) is 45.8 Å². The highest BCUT2D eigenvalue weighted by atomic mass is 32.2. The second-order valence-corrected chi connectivity index (χ2v) is 12.4. The van der Waals surface area contributed by atoms with Gasteiger partial charge in [0.1, 0.15) is 0 Å². The molecule has 1 aliphatic heterocycles. The number of sulfonamides is 1. The summed E-state index contributed by atoms with van der Waals surface area (Å²) >= 11 is 5.92. The number of pyridine rings is 1. The minimum Gasteiger partial charge on any atom is -0.351 e. The molecule has 0 saturated carbocycles. The van der Waals surface area contributed by atoms with Gasteiger partial charge < -0.3 is 14.8 Å². The van der Waals surface area contributed by atoms with Crippen LogP contribution in [0.1, 0.15) is 51.4 Å². The van der Waals surface area contributed by atoms with Gasteiger partial charge in [0.2, 0.25) is 10.0 Å². The lowest BCUT2D eigenvalue weighted by molar-refractivity contribution is 0.565. The molecule has 0 bridgehead atoms. The molecule has 0 spiro atoms. The maximum atomic E-state index is 11.9. The average molecular weight is 560 g/mol. The first kappa shape index (κ1) is 26.9. The third-order valence-corrected chi connectivity index (χ3v) is 8.39. The number of rotatable bonds is 6. The molecule has 1 fully saturated rings. The van der Waals surface area contributed by atoms with Gasteiger partial charge in [0, 0.05) is 29.0 Å². The first-order valence-corrected chi connectivity index (χ1v) is 15.1. The Labute approximate surface area is 235 Å². The molecule has 9 heteroatoms. The van der Waals surface area contributed by atoms with Crippen LogP contribution in [0.2, 0.25) is 0 Å². The minimum absolute atomic E-state index is 0.175. The van der Waals surface area contributed by atoms with Crippen LogP contribution >= 0.6 is 12.2 Å². The summed E-state index contributed by atoms with van der Waals surface area (Å²) in [5.41, 5.74) is 10.2. The molecule has 2 unspecified atom stereocenters. The Morgan fingerprint density at radius 2 is 1.72 bits per heavy atom. The van der Waals surface area contributed by atoms with Gasteiger partial charge in [-0.3, -0.25) is 9.71 Å². The van der Waals surface area contributed by atoms with E-state index in [-0.39, 0.29) is 12.1 Å². The van der Waals surface area contributed by atoms with Gasteiger partial charge in [0.05, 0.1) is 29.7 Å². The van der Waals surface area contributed by atoms with Gasteiger partial charge in [-0.1, -0.05) is 18.2 Å². The third-order valence-electron chi connectivity index (χ3n) is 7.49. The van der Waals surface area contributed by atoms with Crippen LogP contribution in [0.5, 0.6) is 0 Å². The van der Waals surface area contributed by atoms with E-state index < -0.39 is 10.0 Å². The molecule has 0 amide bonds. The number of aromatic nitrogens is 2. The molecule has 3 heterocycles. The van der Waals surface area contributed by atoms with E-state index in [1.165, 1.54) is 11.1 Å². The topological polar surface area (TPSA) is 79.3 Å². The maximum Gasteiger partial charge on any atom is 0.229 e. The van der Waals surface area contributed by atoms with E-state index in [9.17, 15) is 8.42 Å². The van der Waals surface area contributed by atoms with Crippen LogP contribution in [0, 0.1) is 34.6 Å². The fourth-order valence-electron chi connectivity index (χ4n) is 5.50. The second-order valence-electron chi connectivity index (χ2n) is 10.3. The summed E-state index contributed by atoms with van der Waals surface area (Å²) in [5, 5.41) is 4.12. The van der Waals surface area contributed by atoms with Crippen molar-refractivity contribution >= 4 is 38.7 Å². The van der Waals surface area contributed by atoms with Gasteiger partial charge in [0.25, 0.3) is 0 Å². The fraction of sp³-hybridized carbons (Fsp3) is 0.267. The van der Waals surface area contributed by atoms with Gasteiger partial charge in [-0.05, 0) is 112 Å². The lowest BCUT2D eigenvalue weighted by Gasteiger charge is -2.29. The summed E-state index contributed by atoms with van der Waals surface area (Å²) in [6.45, 7) is 10.5. The molecule has 7 nitrogen and oxygen atoms in total. The van der Waals surface area contributed by atoms with Crippen molar-refractivity contribution in [3.05, 3.63) is 106 Å². The zero-order valence-corrected chi connectivity index (χ0v) is 24.6. The summed E-state index contributed by atoms with van der Waals surface area (Å²) < 4.78 is 28.6. The summed E-state index contributed by atoms with van der Waals surface area (Å²) in [4.78, 5) is 6.81. The molecule has 39 heavy (non-hydrogen) atoms. The number of aryl methyl sites for hydroxylation is 3. The van der Waals surface area contributed by atoms with Crippen LogP contribution in [-0.4, -0.2) is 29.3 Å². The number of nitrogens with zero attached hydrogens (tertiary/aromatic N) is 3. The predicted octanol–water partition coefficient (Wildman–Crippen LogP) is 5.96. The van der Waals surface area contributed by atoms with Gasteiger partial charge >= 0.3 is 0 Å². The smallest absolute Gasteiger partial charge is 0.229 e. The van der Waals surface area contributed by atoms with Crippen molar-refractivity contribution in [1.82, 2.24) is 14.9 Å². The van der Waals surface area contributed by atoms with Crippen molar-refractivity contribution in [2.75, 3.05) is 15.9 Å². The highest BCUT2D eigenvalue weighted by Gasteiger charge is 2.42. The lowest BCUT2D eigenvalue weighted by atomic mass is 9.96. The number of nitrogens with one attached hydrogen (secondary N) is 2. The van der Waals surface area contributed by atoms with Crippen molar-refractivity contribution in [3.8, 4) is 5.69 Å². The average Bonchev–Trinajstić information content (AvgIpc) is 3.37. The summed E-state index contributed by atoms with van der Waals surface area (Å²) in [6.07, 6.45) is 2.95. The molecule has 1 saturated heterocycles. The molecule has 1 aliphatic rings. The zero-order chi connectivity index (χ0) is 28.1. The molecule has 202 valence electrons. The second kappa shape index (κ2) is 10.1. The van der Waals surface area contributed by atoms with Crippen LogP contribution in [0.25, 0.3) is 5.69 Å². The van der Waals surface area contributed by atoms with E-state index in [1.807, 2.05) is 37.3 Å². The zero-order valence-electron chi connectivity index (χ0n) is 23.0. The number of benzene rings is 2. The monoisotopic (exact) mass is 559 g/mol. The Hall–Kier alpha value is -3.69. The minimum atomic E-state index is -3.39. The highest BCUT2D eigenvalue weighted by Crippen LogP contribution is 2.44. The summed E-state index contributed by atoms with van der Waals surface area (Å²) in [6, 6.07) is 19.9. The van der Waals surface area contributed by atoms with Crippen molar-refractivity contribution < 1.29 is 8.42 Å². The van der Waals surface area contributed by atoms with Crippen LogP contribution in [-0.2, 0) is 10.0 Å². The lowest BCUT2D eigenvalue weighted by Crippen LogP contribution is -2.29. The molecule has 2 aromatic carbocycles. The summed E-state index contributed by atoms with van der Waals surface area (Å²) in [7, 11) is -3.39.